The number of ether oxygens (including phenoxy) is 1. The van der Waals surface area contributed by atoms with E-state index in [0.717, 1.165) is 34.9 Å². The molecule has 8 aromatic carbocycles. The van der Waals surface area contributed by atoms with Gasteiger partial charge >= 0.3 is 0 Å². The van der Waals surface area contributed by atoms with Gasteiger partial charge in [0.2, 0.25) is 0 Å². The van der Waals surface area contributed by atoms with Crippen LogP contribution in [0.25, 0.3) is 60.9 Å². The predicted molar refractivity (Wildman–Crippen MR) is 265 cm³/mol. The molecule has 0 N–H and O–H groups in total. The molecule has 1 aromatic heterocycles. The van der Waals surface area contributed by atoms with Crippen molar-refractivity contribution < 1.29 is 4.74 Å². The van der Waals surface area contributed by atoms with Crippen LogP contribution in [0.5, 0.6) is 5.75 Å². The minimum Gasteiger partial charge on any atom is -0.488 e. The smallest absolute Gasteiger partial charge is 0.120 e. The topological polar surface area (TPSA) is 17.4 Å². The van der Waals surface area contributed by atoms with Crippen molar-refractivity contribution in [1.29, 1.82) is 0 Å². The van der Waals surface area contributed by atoms with Crippen LogP contribution in [0, 0.1) is 5.92 Å². The summed E-state index contributed by atoms with van der Waals surface area (Å²) in [6.07, 6.45) is 1.15. The average Bonchev–Trinajstić information content (AvgIpc) is 3.60. The van der Waals surface area contributed by atoms with Crippen molar-refractivity contribution in [1.82, 2.24) is 4.57 Å². The average molecular weight is 809 g/mol. The van der Waals surface area contributed by atoms with E-state index in [2.05, 4.69) is 252 Å². The number of fused-ring (bicyclic) bond motifs is 3. The number of anilines is 3. The highest BCUT2D eigenvalue weighted by atomic mass is 16.5. The molecule has 308 valence electrons. The van der Waals surface area contributed by atoms with E-state index in [1.807, 2.05) is 0 Å². The second-order valence-corrected chi connectivity index (χ2v) is 18.7. The van der Waals surface area contributed by atoms with Gasteiger partial charge in [-0.2, -0.15) is 0 Å². The van der Waals surface area contributed by atoms with E-state index in [4.69, 9.17) is 4.74 Å². The molecule has 0 amide bonds. The van der Waals surface area contributed by atoms with Crippen molar-refractivity contribution in [3.63, 3.8) is 0 Å². The Balaban J connectivity index is 1.11. The first-order valence-corrected chi connectivity index (χ1v) is 22.0. The number of benzene rings is 8. The quantitative estimate of drug-likeness (QED) is 0.129. The molecule has 3 nitrogen and oxygen atoms in total. The van der Waals surface area contributed by atoms with Crippen molar-refractivity contribution >= 4 is 38.9 Å². The van der Waals surface area contributed by atoms with Crippen molar-refractivity contribution in [3.05, 3.63) is 200 Å². The summed E-state index contributed by atoms with van der Waals surface area (Å²) in [5.74, 6) is 1.51. The third-order valence-electron chi connectivity index (χ3n) is 11.9. The largest absolute Gasteiger partial charge is 0.488 e. The maximum absolute atomic E-state index is 6.21. The van der Waals surface area contributed by atoms with Crippen molar-refractivity contribution in [2.75, 3.05) is 4.90 Å². The van der Waals surface area contributed by atoms with E-state index in [-0.39, 0.29) is 11.0 Å². The van der Waals surface area contributed by atoms with Gasteiger partial charge in [-0.1, -0.05) is 137 Å². The predicted octanol–water partition coefficient (Wildman–Crippen LogP) is 16.8. The van der Waals surface area contributed by atoms with E-state index in [1.54, 1.807) is 0 Å². The Labute approximate surface area is 367 Å². The number of hydrogen-bond donors (Lipinski definition) is 0. The zero-order chi connectivity index (χ0) is 43.0. The molecule has 0 spiro atoms. The fourth-order valence-corrected chi connectivity index (χ4v) is 9.19. The molecule has 9 rings (SSSR count). The lowest BCUT2D eigenvalue weighted by Gasteiger charge is -2.27. The van der Waals surface area contributed by atoms with Gasteiger partial charge in [0.1, 0.15) is 11.4 Å². The lowest BCUT2D eigenvalue weighted by Crippen LogP contribution is -2.22. The Morgan fingerprint density at radius 2 is 0.871 bits per heavy atom. The van der Waals surface area contributed by atoms with Crippen LogP contribution in [0.15, 0.2) is 194 Å². The van der Waals surface area contributed by atoms with Gasteiger partial charge in [0.05, 0.1) is 11.0 Å². The summed E-state index contributed by atoms with van der Waals surface area (Å²) < 4.78 is 8.60. The molecule has 0 unspecified atom stereocenters. The molecule has 0 fully saturated rings. The van der Waals surface area contributed by atoms with Crippen molar-refractivity contribution in [2.45, 2.75) is 65.9 Å². The van der Waals surface area contributed by atoms with E-state index >= 15 is 0 Å². The first-order valence-electron chi connectivity index (χ1n) is 22.0. The second kappa shape index (κ2) is 16.6. The molecule has 1 heterocycles. The number of nitrogens with zero attached hydrogens (tertiary/aromatic N) is 2. The van der Waals surface area contributed by atoms with Gasteiger partial charge in [0.15, 0.2) is 0 Å². The third kappa shape index (κ3) is 8.41. The Morgan fingerprint density at radius 1 is 0.452 bits per heavy atom. The summed E-state index contributed by atoms with van der Waals surface area (Å²) in [5, 5.41) is 2.45. The maximum Gasteiger partial charge on any atom is 0.120 e. The molecule has 0 saturated heterocycles. The fourth-order valence-electron chi connectivity index (χ4n) is 9.19. The zero-order valence-electron chi connectivity index (χ0n) is 37.1. The maximum atomic E-state index is 6.21. The summed E-state index contributed by atoms with van der Waals surface area (Å²) in [5.41, 5.74) is 15.2. The molecular formula is C59H56N2O. The van der Waals surface area contributed by atoms with Crippen LogP contribution in [0.4, 0.5) is 17.1 Å². The molecule has 0 saturated carbocycles. The summed E-state index contributed by atoms with van der Waals surface area (Å²) in [7, 11) is 0. The highest BCUT2D eigenvalue weighted by Crippen LogP contribution is 2.40. The minimum absolute atomic E-state index is 0.125. The molecule has 62 heavy (non-hydrogen) atoms. The number of hydrogen-bond acceptors (Lipinski definition) is 2. The molecule has 3 heteroatoms. The molecule has 0 aliphatic carbocycles. The van der Waals surface area contributed by atoms with Gasteiger partial charge in [-0.25, -0.2) is 0 Å². The van der Waals surface area contributed by atoms with Crippen LogP contribution < -0.4 is 9.64 Å². The molecule has 0 atom stereocenters. The summed E-state index contributed by atoms with van der Waals surface area (Å²) in [4.78, 5) is 2.33. The van der Waals surface area contributed by atoms with Crippen LogP contribution in [0.2, 0.25) is 0 Å². The van der Waals surface area contributed by atoms with Crippen LogP contribution >= 0.6 is 0 Å². The Morgan fingerprint density at radius 3 is 1.35 bits per heavy atom. The monoisotopic (exact) mass is 808 g/mol. The molecule has 0 aliphatic rings. The van der Waals surface area contributed by atoms with Crippen LogP contribution in [0.1, 0.15) is 60.5 Å². The highest BCUT2D eigenvalue weighted by molar-refractivity contribution is 6.11. The van der Waals surface area contributed by atoms with E-state index in [9.17, 15) is 0 Å². The molecule has 9 aromatic rings. The zero-order valence-corrected chi connectivity index (χ0v) is 37.1. The second-order valence-electron chi connectivity index (χ2n) is 18.7. The first kappa shape index (κ1) is 40.6. The number of aromatic nitrogens is 1. The van der Waals surface area contributed by atoms with Crippen LogP contribution in [-0.4, -0.2) is 10.2 Å². The van der Waals surface area contributed by atoms with Crippen molar-refractivity contribution in [2.24, 2.45) is 5.92 Å². The Hall–Kier alpha value is -6.84. The Kier molecular flexibility index (Phi) is 10.8. The fraction of sp³-hybridized carbons (Fsp3) is 0.186. The molecular weight excluding hydrogens is 753 g/mol. The summed E-state index contributed by atoms with van der Waals surface area (Å²) in [6.45, 7) is 15.6. The van der Waals surface area contributed by atoms with Crippen LogP contribution in [0.3, 0.4) is 0 Å². The first-order chi connectivity index (χ1) is 29.9. The standard InChI is InChI=1S/C59H56N2O/c1-41(2)40-59(6,7)48-26-18-44(19-27-48)46-24-36-56-54(38-46)55-39-47(25-37-57(55)61(56)52-32-34-53(35-33-52)62-58(3,4)5)45-22-30-51(31-23-45)60(49-16-12-9-13-17-49)50-28-20-43(21-29-50)42-14-10-8-11-15-42/h8-39,41H,40H2,1-7H3. The van der Waals surface area contributed by atoms with E-state index < -0.39 is 0 Å². The van der Waals surface area contributed by atoms with Gasteiger partial charge in [-0.15, -0.1) is 0 Å². The lowest BCUT2D eigenvalue weighted by molar-refractivity contribution is 0.131. The lowest BCUT2D eigenvalue weighted by atomic mass is 9.77. The van der Waals surface area contributed by atoms with Gasteiger partial charge < -0.3 is 14.2 Å². The minimum atomic E-state index is -0.268. The molecule has 0 aliphatic heterocycles. The SMILES string of the molecule is CC(C)CC(C)(C)c1ccc(-c2ccc3c(c2)c2cc(-c4ccc(N(c5ccccc5)c5ccc(-c6ccccc6)cc5)cc4)ccc2n3-c2ccc(OC(C)(C)C)cc2)cc1. The molecule has 0 bridgehead atoms. The van der Waals surface area contributed by atoms with Crippen molar-refractivity contribution in [3.8, 4) is 44.8 Å². The number of para-hydroxylation sites is 1. The summed E-state index contributed by atoms with van der Waals surface area (Å²) >= 11 is 0. The highest BCUT2D eigenvalue weighted by Gasteiger charge is 2.22. The van der Waals surface area contributed by atoms with E-state index in [1.165, 1.54) is 60.8 Å². The van der Waals surface area contributed by atoms with Gasteiger partial charge in [0, 0.05) is 33.5 Å². The van der Waals surface area contributed by atoms with Gasteiger partial charge in [-0.3, -0.25) is 0 Å². The van der Waals surface area contributed by atoms with Gasteiger partial charge in [0.25, 0.3) is 0 Å². The number of rotatable bonds is 11. The van der Waals surface area contributed by atoms with Gasteiger partial charge in [-0.05, 0) is 162 Å². The molecule has 0 radical (unpaired) electrons. The van der Waals surface area contributed by atoms with E-state index in [0.29, 0.717) is 5.92 Å². The summed E-state index contributed by atoms with van der Waals surface area (Å²) in [6, 6.07) is 70.7. The third-order valence-corrected chi connectivity index (χ3v) is 11.9. The normalized spacial score (nSPS) is 12.0. The Bertz CT molecular complexity index is 2930. The van der Waals surface area contributed by atoms with Crippen LogP contribution in [-0.2, 0) is 5.41 Å².